The second-order valence-electron chi connectivity index (χ2n) is 8.15. The van der Waals surface area contributed by atoms with E-state index < -0.39 is 0 Å². The first kappa shape index (κ1) is 21.6. The minimum atomic E-state index is -0.197. The molecular formula is C26H25N5O3. The smallest absolute Gasteiger partial charge is 0.227 e. The maximum Gasteiger partial charge on any atom is 0.227 e. The molecule has 5 rings (SSSR count). The van der Waals surface area contributed by atoms with Crippen molar-refractivity contribution in [3.63, 3.8) is 0 Å². The fourth-order valence-corrected chi connectivity index (χ4v) is 4.53. The minimum Gasteiger partial charge on any atom is -0.493 e. The van der Waals surface area contributed by atoms with Gasteiger partial charge in [0, 0.05) is 6.54 Å². The highest BCUT2D eigenvalue weighted by Crippen LogP contribution is 2.41. The topological polar surface area (TPSA) is 82.4 Å². The van der Waals surface area contributed by atoms with E-state index in [9.17, 15) is 4.79 Å². The number of ether oxygens (including phenoxy) is 2. The van der Waals surface area contributed by atoms with Crippen molar-refractivity contribution in [1.29, 1.82) is 0 Å². The van der Waals surface area contributed by atoms with Crippen molar-refractivity contribution in [2.75, 3.05) is 20.8 Å². The quantitative estimate of drug-likeness (QED) is 0.443. The van der Waals surface area contributed by atoms with Crippen LogP contribution in [0.2, 0.25) is 0 Å². The van der Waals surface area contributed by atoms with Crippen LogP contribution in [0.4, 0.5) is 0 Å². The van der Waals surface area contributed by atoms with Crippen LogP contribution < -0.4 is 9.47 Å². The molecule has 0 spiro atoms. The number of tetrazole rings is 1. The molecule has 0 fully saturated rings. The molecule has 0 saturated heterocycles. The zero-order valence-corrected chi connectivity index (χ0v) is 19.1. The number of carbonyl (C=O) groups is 1. The molecule has 34 heavy (non-hydrogen) atoms. The maximum atomic E-state index is 13.6. The van der Waals surface area contributed by atoms with Gasteiger partial charge >= 0.3 is 0 Å². The van der Waals surface area contributed by atoms with Crippen LogP contribution in [0.1, 0.15) is 28.3 Å². The summed E-state index contributed by atoms with van der Waals surface area (Å²) in [6.45, 7) is 0.629. The van der Waals surface area contributed by atoms with Gasteiger partial charge < -0.3 is 14.4 Å². The summed E-state index contributed by atoms with van der Waals surface area (Å²) in [5.41, 5.74) is 5.08. The van der Waals surface area contributed by atoms with E-state index in [-0.39, 0.29) is 11.9 Å². The molecule has 0 N–H and O–H groups in total. The molecule has 0 radical (unpaired) electrons. The van der Waals surface area contributed by atoms with E-state index in [1.54, 1.807) is 25.2 Å². The molecule has 172 valence electrons. The fourth-order valence-electron chi connectivity index (χ4n) is 4.53. The van der Waals surface area contributed by atoms with Crippen molar-refractivity contribution in [3.05, 3.63) is 95.3 Å². The zero-order chi connectivity index (χ0) is 23.5. The van der Waals surface area contributed by atoms with Crippen LogP contribution in [-0.4, -0.2) is 51.8 Å². The minimum absolute atomic E-state index is 0.0736. The molecule has 1 aromatic heterocycles. The Morgan fingerprint density at radius 3 is 2.41 bits per heavy atom. The van der Waals surface area contributed by atoms with E-state index in [1.165, 1.54) is 5.56 Å². The lowest BCUT2D eigenvalue weighted by atomic mass is 9.87. The molecule has 1 unspecified atom stereocenters. The van der Waals surface area contributed by atoms with Crippen LogP contribution in [0, 0.1) is 0 Å². The third-order valence-electron chi connectivity index (χ3n) is 6.21. The highest BCUT2D eigenvalue weighted by Gasteiger charge is 2.33. The normalized spacial score (nSPS) is 15.0. The Hall–Kier alpha value is -4.20. The summed E-state index contributed by atoms with van der Waals surface area (Å²) < 4.78 is 12.7. The third-order valence-corrected chi connectivity index (χ3v) is 6.21. The van der Waals surface area contributed by atoms with Gasteiger partial charge in [0.2, 0.25) is 5.91 Å². The predicted octanol–water partition coefficient (Wildman–Crippen LogP) is 3.40. The Bertz CT molecular complexity index is 1270. The molecule has 0 aliphatic carbocycles. The lowest BCUT2D eigenvalue weighted by Crippen LogP contribution is -2.41. The van der Waals surface area contributed by atoms with Gasteiger partial charge in [-0.15, -0.1) is 5.10 Å². The van der Waals surface area contributed by atoms with Gasteiger partial charge in [-0.25, -0.2) is 4.68 Å². The van der Waals surface area contributed by atoms with E-state index in [1.807, 2.05) is 59.5 Å². The maximum absolute atomic E-state index is 13.6. The number of nitrogens with zero attached hydrogens (tertiary/aromatic N) is 5. The summed E-state index contributed by atoms with van der Waals surface area (Å²) in [4.78, 5) is 15.6. The monoisotopic (exact) mass is 455 g/mol. The first-order valence-electron chi connectivity index (χ1n) is 11.1. The van der Waals surface area contributed by atoms with Crippen molar-refractivity contribution < 1.29 is 14.3 Å². The molecule has 8 heteroatoms. The van der Waals surface area contributed by atoms with E-state index >= 15 is 0 Å². The van der Waals surface area contributed by atoms with Crippen LogP contribution >= 0.6 is 0 Å². The molecular weight excluding hydrogens is 430 g/mol. The molecule has 2 heterocycles. The van der Waals surface area contributed by atoms with Crippen LogP contribution in [0.15, 0.2) is 73.1 Å². The number of benzene rings is 3. The van der Waals surface area contributed by atoms with Crippen LogP contribution in [0.25, 0.3) is 5.69 Å². The SMILES string of the molecule is COc1cc2c(cc1OC)C(c1ccccc1)N(C(=O)Cc1ccc(-n3cnnn3)cc1)CC2. The Morgan fingerprint density at radius 2 is 1.74 bits per heavy atom. The molecule has 4 aromatic rings. The average Bonchev–Trinajstić information content (AvgIpc) is 3.43. The van der Waals surface area contributed by atoms with Crippen LogP contribution in [0.3, 0.4) is 0 Å². The summed E-state index contributed by atoms with van der Waals surface area (Å²) in [5, 5.41) is 11.2. The van der Waals surface area contributed by atoms with Gasteiger partial charge in [-0.3, -0.25) is 4.79 Å². The number of amides is 1. The molecule has 1 amide bonds. The third kappa shape index (κ3) is 4.10. The summed E-state index contributed by atoms with van der Waals surface area (Å²) in [5.74, 6) is 1.44. The number of methoxy groups -OCH3 is 2. The van der Waals surface area contributed by atoms with Crippen molar-refractivity contribution in [3.8, 4) is 17.2 Å². The Labute approximate surface area is 197 Å². The summed E-state index contributed by atoms with van der Waals surface area (Å²) >= 11 is 0. The predicted molar refractivity (Wildman–Crippen MR) is 126 cm³/mol. The molecule has 0 saturated carbocycles. The molecule has 0 bridgehead atoms. The average molecular weight is 456 g/mol. The number of aromatic nitrogens is 4. The molecule has 8 nitrogen and oxygen atoms in total. The first-order valence-corrected chi connectivity index (χ1v) is 11.1. The molecule has 1 atom stereocenters. The number of carbonyl (C=O) groups excluding carboxylic acids is 1. The van der Waals surface area contributed by atoms with Gasteiger partial charge in [0.1, 0.15) is 6.33 Å². The largest absolute Gasteiger partial charge is 0.493 e. The molecule has 1 aliphatic heterocycles. The second kappa shape index (κ2) is 9.35. The Kier molecular flexibility index (Phi) is 5.95. The lowest BCUT2D eigenvalue weighted by Gasteiger charge is -2.38. The van der Waals surface area contributed by atoms with Gasteiger partial charge in [-0.05, 0) is 63.4 Å². The summed E-state index contributed by atoms with van der Waals surface area (Å²) in [7, 11) is 3.27. The van der Waals surface area contributed by atoms with Crippen molar-refractivity contribution in [2.24, 2.45) is 0 Å². The molecule has 1 aliphatic rings. The van der Waals surface area contributed by atoms with Gasteiger partial charge in [0.15, 0.2) is 11.5 Å². The second-order valence-corrected chi connectivity index (χ2v) is 8.15. The standard InChI is InChI=1S/C26H25N5O3/c1-33-23-15-20-12-13-30(26(19-6-4-3-5-7-19)22(20)16-24(23)34-2)25(32)14-18-8-10-21(11-9-18)31-17-27-28-29-31/h3-11,15-17,26H,12-14H2,1-2H3. The van der Waals surface area contributed by atoms with Gasteiger partial charge in [-0.1, -0.05) is 42.5 Å². The van der Waals surface area contributed by atoms with E-state index in [4.69, 9.17) is 9.47 Å². The van der Waals surface area contributed by atoms with E-state index in [2.05, 4.69) is 27.7 Å². The van der Waals surface area contributed by atoms with Crippen molar-refractivity contribution in [2.45, 2.75) is 18.9 Å². The highest BCUT2D eigenvalue weighted by atomic mass is 16.5. The number of rotatable bonds is 6. The van der Waals surface area contributed by atoms with E-state index in [0.29, 0.717) is 24.5 Å². The lowest BCUT2D eigenvalue weighted by molar-refractivity contribution is -0.132. The number of fused-ring (bicyclic) bond motifs is 1. The number of hydrogen-bond donors (Lipinski definition) is 0. The summed E-state index contributed by atoms with van der Waals surface area (Å²) in [6, 6.07) is 21.7. The van der Waals surface area contributed by atoms with Crippen LogP contribution in [-0.2, 0) is 17.6 Å². The van der Waals surface area contributed by atoms with Crippen molar-refractivity contribution in [1.82, 2.24) is 25.1 Å². The highest BCUT2D eigenvalue weighted by molar-refractivity contribution is 5.80. The van der Waals surface area contributed by atoms with Crippen molar-refractivity contribution >= 4 is 5.91 Å². The fraction of sp³-hybridized carbons (Fsp3) is 0.231. The van der Waals surface area contributed by atoms with Crippen LogP contribution in [0.5, 0.6) is 11.5 Å². The first-order chi connectivity index (χ1) is 16.7. The zero-order valence-electron chi connectivity index (χ0n) is 19.1. The Morgan fingerprint density at radius 1 is 1.00 bits per heavy atom. The number of hydrogen-bond acceptors (Lipinski definition) is 6. The van der Waals surface area contributed by atoms with Gasteiger partial charge in [0.25, 0.3) is 0 Å². The van der Waals surface area contributed by atoms with Gasteiger partial charge in [0.05, 0.1) is 32.4 Å². The van der Waals surface area contributed by atoms with E-state index in [0.717, 1.165) is 28.8 Å². The Balaban J connectivity index is 1.46. The van der Waals surface area contributed by atoms with Gasteiger partial charge in [-0.2, -0.15) is 0 Å². The summed E-state index contributed by atoms with van der Waals surface area (Å²) in [6.07, 6.45) is 2.60. The molecule has 3 aromatic carbocycles.